The number of rotatable bonds is 7. The van der Waals surface area contributed by atoms with E-state index in [0.29, 0.717) is 11.5 Å². The molecule has 1 aromatic heterocycles. The molecule has 6 rings (SSSR count). The monoisotopic (exact) mass is 608 g/mol. The number of aromatic amines is 1. The van der Waals surface area contributed by atoms with E-state index in [1.54, 1.807) is 14.2 Å². The minimum Gasteiger partial charge on any atom is -0.493 e. The van der Waals surface area contributed by atoms with Crippen LogP contribution in [0, 0.1) is 0 Å². The van der Waals surface area contributed by atoms with Crippen molar-refractivity contribution in [3.8, 4) is 11.5 Å². The molecule has 2 heterocycles. The van der Waals surface area contributed by atoms with Gasteiger partial charge in [0.15, 0.2) is 11.5 Å². The molecule has 0 bridgehead atoms. The molecule has 0 saturated heterocycles. The van der Waals surface area contributed by atoms with Gasteiger partial charge < -0.3 is 24.8 Å². The third kappa shape index (κ3) is 5.85. The van der Waals surface area contributed by atoms with Crippen molar-refractivity contribution in [3.63, 3.8) is 0 Å². The molecule has 1 aliphatic heterocycles. The zero-order valence-corrected chi connectivity index (χ0v) is 24.5. The lowest BCUT2D eigenvalue weighted by Crippen LogP contribution is -2.21. The number of carbonyl (C=O) groups excluding carboxylic acids is 1. The maximum absolute atomic E-state index is 13.1. The van der Waals surface area contributed by atoms with Gasteiger partial charge in [0.2, 0.25) is 5.91 Å². The van der Waals surface area contributed by atoms with E-state index in [1.165, 1.54) is 5.56 Å². The van der Waals surface area contributed by atoms with Crippen LogP contribution in [0.2, 0.25) is 0 Å². The molecule has 12 heteroatoms. The Bertz CT molecular complexity index is 1750. The van der Waals surface area contributed by atoms with Crippen molar-refractivity contribution in [3.05, 3.63) is 82.5 Å². The van der Waals surface area contributed by atoms with Crippen LogP contribution in [-0.4, -0.2) is 66.6 Å². The van der Waals surface area contributed by atoms with Crippen LogP contribution in [-0.2, 0) is 21.5 Å². The van der Waals surface area contributed by atoms with Gasteiger partial charge in [-0.3, -0.25) is 9.89 Å². The minimum absolute atomic E-state index is 0.0349. The lowest BCUT2D eigenvalue weighted by Gasteiger charge is -2.13. The number of halogens is 3. The maximum Gasteiger partial charge on any atom is 0.490 e. The van der Waals surface area contributed by atoms with E-state index in [-0.39, 0.29) is 11.8 Å². The van der Waals surface area contributed by atoms with E-state index >= 15 is 0 Å². The van der Waals surface area contributed by atoms with Crippen LogP contribution < -0.4 is 14.8 Å². The number of fused-ring (bicyclic) bond motifs is 3. The van der Waals surface area contributed by atoms with Gasteiger partial charge in [0.05, 0.1) is 30.8 Å². The van der Waals surface area contributed by atoms with Gasteiger partial charge in [0, 0.05) is 29.6 Å². The zero-order chi connectivity index (χ0) is 31.8. The average molecular weight is 609 g/mol. The summed E-state index contributed by atoms with van der Waals surface area (Å²) in [7, 11) is 7.35. The number of carboxylic acids is 1. The average Bonchev–Trinajstić information content (AvgIpc) is 3.52. The number of H-pyrrole nitrogens is 1. The first-order chi connectivity index (χ1) is 20.9. The molecule has 1 amide bonds. The van der Waals surface area contributed by atoms with Gasteiger partial charge in [0.25, 0.3) is 0 Å². The lowest BCUT2D eigenvalue weighted by molar-refractivity contribution is -0.192. The molecular formula is C32H31F3N4O5. The van der Waals surface area contributed by atoms with Gasteiger partial charge in [0.1, 0.15) is 0 Å². The normalized spacial score (nSPS) is 18.7. The first-order valence-electron chi connectivity index (χ1n) is 13.6. The number of ether oxygens (including phenoxy) is 2. The van der Waals surface area contributed by atoms with Crippen molar-refractivity contribution in [2.75, 3.05) is 33.6 Å². The molecule has 9 nitrogen and oxygen atoms in total. The fraction of sp³-hybridized carbons (Fsp3) is 0.281. The second-order valence-corrected chi connectivity index (χ2v) is 11.0. The molecule has 0 unspecified atom stereocenters. The van der Waals surface area contributed by atoms with Gasteiger partial charge in [-0.05, 0) is 61.0 Å². The van der Waals surface area contributed by atoms with Crippen LogP contribution in [0.5, 0.6) is 11.5 Å². The maximum atomic E-state index is 13.1. The topological polar surface area (TPSA) is 117 Å². The van der Waals surface area contributed by atoms with Gasteiger partial charge in [-0.25, -0.2) is 4.79 Å². The number of amides is 1. The number of aliphatic carboxylic acids is 1. The summed E-state index contributed by atoms with van der Waals surface area (Å²) in [5.41, 5.74) is 6.61. The summed E-state index contributed by atoms with van der Waals surface area (Å²) in [6, 6.07) is 18.7. The van der Waals surface area contributed by atoms with Crippen LogP contribution in [0.25, 0.3) is 23.1 Å². The smallest absolute Gasteiger partial charge is 0.490 e. The fourth-order valence-electron chi connectivity index (χ4n) is 5.60. The van der Waals surface area contributed by atoms with E-state index in [9.17, 15) is 18.0 Å². The third-order valence-corrected chi connectivity index (χ3v) is 7.79. The van der Waals surface area contributed by atoms with E-state index in [2.05, 4.69) is 83.0 Å². The number of hydrogen-bond acceptors (Lipinski definition) is 6. The van der Waals surface area contributed by atoms with Crippen LogP contribution in [0.1, 0.15) is 40.3 Å². The highest BCUT2D eigenvalue weighted by atomic mass is 19.4. The Hall–Kier alpha value is -4.84. The number of anilines is 1. The number of nitrogens with zero attached hydrogens (tertiary/aromatic N) is 2. The highest BCUT2D eigenvalue weighted by Crippen LogP contribution is 2.66. The molecule has 2 aliphatic rings. The molecule has 3 aromatic carbocycles. The Morgan fingerprint density at radius 1 is 1.07 bits per heavy atom. The number of carboxylic acid groups (broad SMARTS) is 1. The summed E-state index contributed by atoms with van der Waals surface area (Å²) in [4.78, 5) is 24.2. The number of benzene rings is 3. The first-order valence-corrected chi connectivity index (χ1v) is 13.6. The predicted molar refractivity (Wildman–Crippen MR) is 160 cm³/mol. The number of methoxy groups -OCH3 is 2. The molecule has 1 fully saturated rings. The molecule has 2 atom stereocenters. The van der Waals surface area contributed by atoms with E-state index in [0.717, 1.165) is 51.9 Å². The van der Waals surface area contributed by atoms with Gasteiger partial charge >= 0.3 is 12.1 Å². The van der Waals surface area contributed by atoms with Crippen LogP contribution in [0.3, 0.4) is 0 Å². The molecular weight excluding hydrogens is 577 g/mol. The fourth-order valence-corrected chi connectivity index (χ4v) is 5.60. The standard InChI is InChI=1S/C30H30N4O3.C2HF3O2/c1-34(2)17-19-7-5-18(6-8-19)9-12-24-21-11-10-20(13-25(21)33-32-24)23-16-30(23)22-14-27(36-3)28(37-4)15-26(22)31-29(30)35;3-2(4,5)1(6)7/h5-15,23H,16-17H2,1-4H3,(H,31,35)(H,32,33);(H,6,7)/b12-9+;/t23-,30-;/m0./s1. The Kier molecular flexibility index (Phi) is 8.13. The summed E-state index contributed by atoms with van der Waals surface area (Å²) in [5, 5.41) is 19.0. The quantitative estimate of drug-likeness (QED) is 0.242. The van der Waals surface area contributed by atoms with Crippen molar-refractivity contribution in [2.45, 2.75) is 30.5 Å². The van der Waals surface area contributed by atoms with Crippen LogP contribution >= 0.6 is 0 Å². The number of aromatic nitrogens is 2. The highest BCUT2D eigenvalue weighted by molar-refractivity contribution is 6.10. The Morgan fingerprint density at radius 3 is 2.34 bits per heavy atom. The summed E-state index contributed by atoms with van der Waals surface area (Å²) < 4.78 is 42.7. The number of hydrogen-bond donors (Lipinski definition) is 3. The van der Waals surface area contributed by atoms with Gasteiger partial charge in [-0.1, -0.05) is 42.5 Å². The van der Waals surface area contributed by atoms with E-state index in [1.807, 2.05) is 18.2 Å². The lowest BCUT2D eigenvalue weighted by atomic mass is 9.91. The minimum atomic E-state index is -5.08. The van der Waals surface area contributed by atoms with Crippen molar-refractivity contribution >= 4 is 40.6 Å². The van der Waals surface area contributed by atoms with E-state index < -0.39 is 17.6 Å². The Balaban J connectivity index is 0.000000493. The molecule has 4 aromatic rings. The highest BCUT2D eigenvalue weighted by Gasteiger charge is 2.65. The number of nitrogens with one attached hydrogen (secondary N) is 2. The van der Waals surface area contributed by atoms with Crippen LogP contribution in [0.15, 0.2) is 54.6 Å². The van der Waals surface area contributed by atoms with E-state index in [4.69, 9.17) is 19.4 Å². The third-order valence-electron chi connectivity index (χ3n) is 7.79. The summed E-state index contributed by atoms with van der Waals surface area (Å²) >= 11 is 0. The SMILES string of the molecule is COc1cc2c(cc1OC)[C@]1(C[C@H]1c1ccc3c(/C=C/c4ccc(CN(C)C)cc4)n[nH]c3c1)C(=O)N2.O=C(O)C(F)(F)F. The van der Waals surface area contributed by atoms with Crippen LogP contribution in [0.4, 0.5) is 18.9 Å². The molecule has 0 radical (unpaired) electrons. The van der Waals surface area contributed by atoms with Gasteiger partial charge in [-0.15, -0.1) is 0 Å². The first kappa shape index (κ1) is 30.6. The molecule has 3 N–H and O–H groups in total. The summed E-state index contributed by atoms with van der Waals surface area (Å²) in [5.74, 6) is -1.38. The molecule has 1 spiro atoms. The van der Waals surface area contributed by atoms with Crippen molar-refractivity contribution in [1.82, 2.24) is 15.1 Å². The van der Waals surface area contributed by atoms with Gasteiger partial charge in [-0.2, -0.15) is 18.3 Å². The summed E-state index contributed by atoms with van der Waals surface area (Å²) in [6.45, 7) is 0.924. The molecule has 1 aliphatic carbocycles. The Morgan fingerprint density at radius 2 is 1.73 bits per heavy atom. The molecule has 44 heavy (non-hydrogen) atoms. The summed E-state index contributed by atoms with van der Waals surface area (Å²) in [6.07, 6.45) is -0.198. The Labute approximate surface area is 251 Å². The van der Waals surface area contributed by atoms with Crippen molar-refractivity contribution < 1.29 is 37.3 Å². The second kappa shape index (κ2) is 11.7. The zero-order valence-electron chi connectivity index (χ0n) is 24.5. The number of alkyl halides is 3. The number of carbonyl (C=O) groups is 2. The molecule has 230 valence electrons. The molecule has 1 saturated carbocycles. The largest absolute Gasteiger partial charge is 0.493 e. The predicted octanol–water partition coefficient (Wildman–Crippen LogP) is 5.82. The van der Waals surface area contributed by atoms with Crippen molar-refractivity contribution in [1.29, 1.82) is 0 Å². The van der Waals surface area contributed by atoms with Crippen molar-refractivity contribution in [2.24, 2.45) is 0 Å². The second-order valence-electron chi connectivity index (χ2n) is 11.0.